The number of anilines is 2. The molecule has 0 aliphatic carbocycles. The second-order valence-electron chi connectivity index (χ2n) is 5.39. The zero-order valence-electron chi connectivity index (χ0n) is 13.3. The molecule has 2 rings (SSSR count). The lowest BCUT2D eigenvalue weighted by Gasteiger charge is -2.17. The molecule has 0 saturated heterocycles. The second-order valence-corrected chi connectivity index (χ2v) is 5.39. The molecule has 0 saturated carbocycles. The van der Waals surface area contributed by atoms with Gasteiger partial charge in [0.1, 0.15) is 0 Å². The first-order chi connectivity index (χ1) is 11.0. The van der Waals surface area contributed by atoms with Gasteiger partial charge < -0.3 is 16.4 Å². The van der Waals surface area contributed by atoms with Gasteiger partial charge in [-0.1, -0.05) is 24.3 Å². The number of nitrogens with one attached hydrogen (secondary N) is 2. The molecule has 0 heterocycles. The fourth-order valence-corrected chi connectivity index (χ4v) is 2.47. The predicted molar refractivity (Wildman–Crippen MR) is 92.4 cm³/mol. The number of amides is 2. The highest BCUT2D eigenvalue weighted by Gasteiger charge is 2.12. The number of rotatable bonds is 5. The Morgan fingerprint density at radius 2 is 1.17 bits per heavy atom. The summed E-state index contributed by atoms with van der Waals surface area (Å²) in [4.78, 5) is 22.1. The molecular formula is C18H21N3O2. The fourth-order valence-electron chi connectivity index (χ4n) is 2.47. The molecule has 0 aliphatic heterocycles. The molecule has 0 radical (unpaired) electrons. The average molecular weight is 311 g/mol. The van der Waals surface area contributed by atoms with Crippen LogP contribution in [-0.2, 0) is 9.59 Å². The lowest BCUT2D eigenvalue weighted by molar-refractivity contribution is -0.115. The van der Waals surface area contributed by atoms with Gasteiger partial charge in [-0.15, -0.1) is 0 Å². The lowest BCUT2D eigenvalue weighted by Crippen LogP contribution is -2.14. The summed E-state index contributed by atoms with van der Waals surface area (Å²) in [7, 11) is 0. The maximum absolute atomic E-state index is 11.1. The van der Waals surface area contributed by atoms with Crippen molar-refractivity contribution in [2.45, 2.75) is 19.8 Å². The van der Waals surface area contributed by atoms with Gasteiger partial charge in [0.25, 0.3) is 0 Å². The van der Waals surface area contributed by atoms with Gasteiger partial charge in [-0.3, -0.25) is 9.59 Å². The summed E-state index contributed by atoms with van der Waals surface area (Å²) >= 11 is 0. The van der Waals surface area contributed by atoms with Crippen LogP contribution < -0.4 is 16.4 Å². The highest BCUT2D eigenvalue weighted by Crippen LogP contribution is 2.26. The molecule has 0 aromatic heterocycles. The SMILES string of the molecule is CC(=O)Nc1ccc(C(CN)c2ccc(NC(C)=O)cc2)cc1. The summed E-state index contributed by atoms with van der Waals surface area (Å²) in [6, 6.07) is 15.3. The minimum Gasteiger partial charge on any atom is -0.330 e. The minimum atomic E-state index is -0.0957. The monoisotopic (exact) mass is 311 g/mol. The topological polar surface area (TPSA) is 84.2 Å². The van der Waals surface area contributed by atoms with E-state index in [1.807, 2.05) is 48.5 Å². The molecule has 0 bridgehead atoms. The van der Waals surface area contributed by atoms with Crippen LogP contribution in [0.3, 0.4) is 0 Å². The van der Waals surface area contributed by atoms with Gasteiger partial charge in [-0.05, 0) is 35.4 Å². The van der Waals surface area contributed by atoms with Crippen molar-refractivity contribution in [2.24, 2.45) is 5.73 Å². The molecule has 120 valence electrons. The maximum atomic E-state index is 11.1. The quantitative estimate of drug-likeness (QED) is 0.793. The van der Waals surface area contributed by atoms with E-state index in [0.29, 0.717) is 6.54 Å². The first kappa shape index (κ1) is 16.7. The summed E-state index contributed by atoms with van der Waals surface area (Å²) in [5, 5.41) is 5.49. The van der Waals surface area contributed by atoms with Crippen LogP contribution in [0.25, 0.3) is 0 Å². The van der Waals surface area contributed by atoms with Crippen LogP contribution in [0.15, 0.2) is 48.5 Å². The van der Waals surface area contributed by atoms with Crippen LogP contribution in [0.5, 0.6) is 0 Å². The number of carbonyl (C=O) groups is 2. The van der Waals surface area contributed by atoms with Gasteiger partial charge in [-0.25, -0.2) is 0 Å². The van der Waals surface area contributed by atoms with Crippen LogP contribution in [0.2, 0.25) is 0 Å². The van der Waals surface area contributed by atoms with Crippen molar-refractivity contribution in [3.8, 4) is 0 Å². The molecule has 0 atom stereocenters. The maximum Gasteiger partial charge on any atom is 0.221 e. The second kappa shape index (κ2) is 7.56. The van der Waals surface area contributed by atoms with E-state index in [9.17, 15) is 9.59 Å². The van der Waals surface area contributed by atoms with Crippen molar-refractivity contribution in [3.05, 3.63) is 59.7 Å². The van der Waals surface area contributed by atoms with Crippen molar-refractivity contribution < 1.29 is 9.59 Å². The largest absolute Gasteiger partial charge is 0.330 e. The predicted octanol–water partition coefficient (Wildman–Crippen LogP) is 2.69. The lowest BCUT2D eigenvalue weighted by atomic mass is 9.91. The van der Waals surface area contributed by atoms with E-state index in [1.165, 1.54) is 13.8 Å². The van der Waals surface area contributed by atoms with Crippen LogP contribution in [0.4, 0.5) is 11.4 Å². The Balaban J connectivity index is 2.18. The van der Waals surface area contributed by atoms with E-state index < -0.39 is 0 Å². The van der Waals surface area contributed by atoms with E-state index in [4.69, 9.17) is 5.73 Å². The first-order valence-corrected chi connectivity index (χ1v) is 7.44. The highest BCUT2D eigenvalue weighted by molar-refractivity contribution is 5.89. The molecular weight excluding hydrogens is 290 g/mol. The molecule has 2 aromatic carbocycles. The first-order valence-electron chi connectivity index (χ1n) is 7.44. The third kappa shape index (κ3) is 4.66. The Labute approximate surface area is 135 Å². The van der Waals surface area contributed by atoms with Gasteiger partial charge in [-0.2, -0.15) is 0 Å². The smallest absolute Gasteiger partial charge is 0.221 e. The standard InChI is InChI=1S/C18H21N3O2/c1-12(22)20-16-7-3-14(4-8-16)18(11-19)15-5-9-17(10-6-15)21-13(2)23/h3-10,18H,11,19H2,1-2H3,(H,20,22)(H,21,23). The van der Waals surface area contributed by atoms with Gasteiger partial charge in [0, 0.05) is 37.7 Å². The fraction of sp³-hybridized carbons (Fsp3) is 0.222. The van der Waals surface area contributed by atoms with E-state index in [1.54, 1.807) is 0 Å². The van der Waals surface area contributed by atoms with Gasteiger partial charge in [0.05, 0.1) is 0 Å². The van der Waals surface area contributed by atoms with E-state index in [2.05, 4.69) is 10.6 Å². The number of hydrogen-bond acceptors (Lipinski definition) is 3. The normalized spacial score (nSPS) is 10.4. The van der Waals surface area contributed by atoms with Gasteiger partial charge in [0.2, 0.25) is 11.8 Å². The number of benzene rings is 2. The summed E-state index contributed by atoms with van der Waals surface area (Å²) in [5.41, 5.74) is 9.61. The molecule has 0 unspecified atom stereocenters. The molecule has 0 spiro atoms. The summed E-state index contributed by atoms with van der Waals surface area (Å²) in [5.74, 6) is -0.129. The molecule has 5 heteroatoms. The Bertz CT molecular complexity index is 619. The molecule has 23 heavy (non-hydrogen) atoms. The van der Waals surface area contributed by atoms with Crippen molar-refractivity contribution in [1.29, 1.82) is 0 Å². The summed E-state index contributed by atoms with van der Waals surface area (Å²) < 4.78 is 0. The third-order valence-corrected chi connectivity index (χ3v) is 3.50. The molecule has 0 aliphatic rings. The van der Waals surface area contributed by atoms with Crippen LogP contribution in [-0.4, -0.2) is 18.4 Å². The third-order valence-electron chi connectivity index (χ3n) is 3.50. The number of carbonyl (C=O) groups excluding carboxylic acids is 2. The Morgan fingerprint density at radius 1 is 0.826 bits per heavy atom. The Hall–Kier alpha value is -2.66. The van der Waals surface area contributed by atoms with Crippen molar-refractivity contribution >= 4 is 23.2 Å². The van der Waals surface area contributed by atoms with Crippen molar-refractivity contribution in [3.63, 3.8) is 0 Å². The molecule has 2 amide bonds. The average Bonchev–Trinajstić information content (AvgIpc) is 2.50. The van der Waals surface area contributed by atoms with E-state index in [-0.39, 0.29) is 17.7 Å². The van der Waals surface area contributed by atoms with Gasteiger partial charge in [0.15, 0.2) is 0 Å². The number of nitrogens with two attached hydrogens (primary N) is 1. The Morgan fingerprint density at radius 3 is 1.43 bits per heavy atom. The number of hydrogen-bond donors (Lipinski definition) is 3. The molecule has 5 nitrogen and oxygen atoms in total. The van der Waals surface area contributed by atoms with Crippen LogP contribution in [0.1, 0.15) is 30.9 Å². The van der Waals surface area contributed by atoms with Crippen LogP contribution in [0, 0.1) is 0 Å². The van der Waals surface area contributed by atoms with Crippen molar-refractivity contribution in [1.82, 2.24) is 0 Å². The van der Waals surface area contributed by atoms with Crippen molar-refractivity contribution in [2.75, 3.05) is 17.2 Å². The molecule has 2 aromatic rings. The highest BCUT2D eigenvalue weighted by atomic mass is 16.2. The Kier molecular flexibility index (Phi) is 5.49. The summed E-state index contributed by atoms with van der Waals surface area (Å²) in [6.45, 7) is 3.43. The summed E-state index contributed by atoms with van der Waals surface area (Å²) in [6.07, 6.45) is 0. The zero-order chi connectivity index (χ0) is 16.8. The zero-order valence-corrected chi connectivity index (χ0v) is 13.3. The molecule has 0 fully saturated rings. The minimum absolute atomic E-state index is 0.0627. The molecule has 4 N–H and O–H groups in total. The van der Waals surface area contributed by atoms with E-state index in [0.717, 1.165) is 22.5 Å². The van der Waals surface area contributed by atoms with Gasteiger partial charge >= 0.3 is 0 Å². The van der Waals surface area contributed by atoms with E-state index >= 15 is 0 Å². The van der Waals surface area contributed by atoms with Crippen LogP contribution >= 0.6 is 0 Å².